The third-order valence-electron chi connectivity index (χ3n) is 3.17. The van der Waals surface area contributed by atoms with Gasteiger partial charge in [-0.25, -0.2) is 0 Å². The predicted octanol–water partition coefficient (Wildman–Crippen LogP) is 1.03. The molecule has 0 spiro atoms. The van der Waals surface area contributed by atoms with E-state index < -0.39 is 0 Å². The van der Waals surface area contributed by atoms with Crippen LogP contribution in [0.2, 0.25) is 0 Å². The molecule has 2 nitrogen and oxygen atoms in total. The molecule has 2 aliphatic carbocycles. The van der Waals surface area contributed by atoms with Crippen LogP contribution in [0.15, 0.2) is 36.5 Å². The third kappa shape index (κ3) is 0.857. The second-order valence-electron chi connectivity index (χ2n) is 3.87. The van der Waals surface area contributed by atoms with Crippen molar-refractivity contribution in [3.63, 3.8) is 0 Å². The fourth-order valence-electron chi connectivity index (χ4n) is 2.54. The van der Waals surface area contributed by atoms with Gasteiger partial charge >= 0.3 is 0 Å². The molecular weight excluding hydrogens is 162 g/mol. The van der Waals surface area contributed by atoms with Crippen molar-refractivity contribution < 1.29 is 4.79 Å². The summed E-state index contributed by atoms with van der Waals surface area (Å²) in [6.07, 6.45) is 12.6. The first-order valence-corrected chi connectivity index (χ1v) is 4.70. The molecule has 66 valence electrons. The number of rotatable bonds is 0. The Kier molecular flexibility index (Phi) is 1.29. The summed E-state index contributed by atoms with van der Waals surface area (Å²) in [4.78, 5) is 11.6. The maximum absolute atomic E-state index is 11.6. The molecule has 13 heavy (non-hydrogen) atoms. The van der Waals surface area contributed by atoms with Crippen molar-refractivity contribution in [1.82, 2.24) is 5.32 Å². The van der Waals surface area contributed by atoms with Crippen molar-refractivity contribution in [2.45, 2.75) is 6.04 Å². The Morgan fingerprint density at radius 2 is 1.92 bits per heavy atom. The van der Waals surface area contributed by atoms with Gasteiger partial charge in [-0.2, -0.15) is 0 Å². The van der Waals surface area contributed by atoms with Gasteiger partial charge in [0.1, 0.15) is 0 Å². The highest BCUT2D eigenvalue weighted by Gasteiger charge is 2.45. The summed E-state index contributed by atoms with van der Waals surface area (Å²) in [6, 6.07) is 0.241. The van der Waals surface area contributed by atoms with E-state index in [1.807, 2.05) is 6.08 Å². The monoisotopic (exact) mass is 173 g/mol. The summed E-state index contributed by atoms with van der Waals surface area (Å²) < 4.78 is 0. The zero-order valence-electron chi connectivity index (χ0n) is 7.18. The average molecular weight is 173 g/mol. The summed E-state index contributed by atoms with van der Waals surface area (Å²) in [5.41, 5.74) is 0. The van der Waals surface area contributed by atoms with Crippen molar-refractivity contribution >= 4 is 5.91 Å². The van der Waals surface area contributed by atoms with Gasteiger partial charge in [0.15, 0.2) is 0 Å². The van der Waals surface area contributed by atoms with Crippen molar-refractivity contribution in [1.29, 1.82) is 0 Å². The molecule has 2 heteroatoms. The van der Waals surface area contributed by atoms with Crippen LogP contribution in [0.5, 0.6) is 0 Å². The van der Waals surface area contributed by atoms with E-state index in [0.29, 0.717) is 11.8 Å². The molecule has 0 aromatic rings. The van der Waals surface area contributed by atoms with E-state index in [2.05, 4.69) is 35.7 Å². The fourth-order valence-corrected chi connectivity index (χ4v) is 2.54. The van der Waals surface area contributed by atoms with Gasteiger partial charge in [0, 0.05) is 11.8 Å². The summed E-state index contributed by atoms with van der Waals surface area (Å²) >= 11 is 0. The molecule has 1 heterocycles. The minimum atomic E-state index is 0.144. The average Bonchev–Trinajstić information content (AvgIpc) is 2.30. The maximum atomic E-state index is 11.6. The van der Waals surface area contributed by atoms with Crippen LogP contribution in [0.4, 0.5) is 0 Å². The largest absolute Gasteiger partial charge is 0.349 e. The minimum Gasteiger partial charge on any atom is -0.349 e. The molecule has 0 saturated carbocycles. The first-order valence-electron chi connectivity index (χ1n) is 4.70. The molecule has 4 unspecified atom stereocenters. The first kappa shape index (κ1) is 7.13. The van der Waals surface area contributed by atoms with E-state index in [9.17, 15) is 4.79 Å². The van der Waals surface area contributed by atoms with E-state index in [1.54, 1.807) is 0 Å². The fraction of sp³-hybridized carbons (Fsp3) is 0.364. The minimum absolute atomic E-state index is 0.144. The molecule has 1 fully saturated rings. The number of carbonyl (C=O) groups is 1. The van der Waals surface area contributed by atoms with Gasteiger partial charge < -0.3 is 5.32 Å². The lowest BCUT2D eigenvalue weighted by Crippen LogP contribution is -2.27. The van der Waals surface area contributed by atoms with Gasteiger partial charge in [-0.15, -0.1) is 0 Å². The SMILES string of the molecule is O=C1NC2C=CC3C=CC=CC2C13. The van der Waals surface area contributed by atoms with Crippen LogP contribution >= 0.6 is 0 Å². The standard InChI is InChI=1S/C11H11NO/c13-11-10-7-3-1-2-4-8(10)9(12-11)6-5-7/h1-10H,(H,12,13). The van der Waals surface area contributed by atoms with E-state index in [1.165, 1.54) is 0 Å². The molecule has 0 aromatic heterocycles. The van der Waals surface area contributed by atoms with Crippen LogP contribution in [-0.4, -0.2) is 11.9 Å². The Morgan fingerprint density at radius 1 is 1.08 bits per heavy atom. The molecule has 3 rings (SSSR count). The second kappa shape index (κ2) is 2.34. The highest BCUT2D eigenvalue weighted by atomic mass is 16.2. The van der Waals surface area contributed by atoms with Crippen LogP contribution in [0.25, 0.3) is 0 Å². The van der Waals surface area contributed by atoms with Crippen LogP contribution in [-0.2, 0) is 4.79 Å². The maximum Gasteiger partial charge on any atom is 0.225 e. The Labute approximate surface area is 77.0 Å². The van der Waals surface area contributed by atoms with Gasteiger partial charge in [-0.3, -0.25) is 4.79 Å². The van der Waals surface area contributed by atoms with Crippen LogP contribution in [0.3, 0.4) is 0 Å². The summed E-state index contributed by atoms with van der Waals surface area (Å²) in [5, 5.41) is 3.00. The summed E-state index contributed by atoms with van der Waals surface area (Å²) in [6.45, 7) is 0. The van der Waals surface area contributed by atoms with Crippen molar-refractivity contribution in [2.75, 3.05) is 0 Å². The Balaban J connectivity index is 2.13. The number of allylic oxidation sites excluding steroid dienone is 4. The zero-order valence-corrected chi connectivity index (χ0v) is 7.18. The van der Waals surface area contributed by atoms with E-state index >= 15 is 0 Å². The van der Waals surface area contributed by atoms with Gasteiger partial charge in [-0.05, 0) is 0 Å². The zero-order chi connectivity index (χ0) is 8.84. The highest BCUT2D eigenvalue weighted by molar-refractivity contribution is 5.84. The number of hydrogen-bond acceptors (Lipinski definition) is 1. The lowest BCUT2D eigenvalue weighted by Gasteiger charge is -2.24. The van der Waals surface area contributed by atoms with E-state index in [-0.39, 0.29) is 17.9 Å². The van der Waals surface area contributed by atoms with Crippen molar-refractivity contribution in [2.24, 2.45) is 17.8 Å². The Bertz CT molecular complexity index is 340. The highest BCUT2D eigenvalue weighted by Crippen LogP contribution is 2.38. The smallest absolute Gasteiger partial charge is 0.225 e. The quantitative estimate of drug-likeness (QED) is 0.545. The molecule has 1 amide bonds. The number of nitrogens with one attached hydrogen (secondary N) is 1. The molecule has 4 atom stereocenters. The predicted molar refractivity (Wildman–Crippen MR) is 49.8 cm³/mol. The number of hydrogen-bond donors (Lipinski definition) is 1. The van der Waals surface area contributed by atoms with Crippen LogP contribution in [0, 0.1) is 17.8 Å². The molecule has 0 radical (unpaired) electrons. The van der Waals surface area contributed by atoms with Crippen LogP contribution < -0.4 is 5.32 Å². The molecule has 1 aliphatic heterocycles. The van der Waals surface area contributed by atoms with Gasteiger partial charge in [0.05, 0.1) is 12.0 Å². The lowest BCUT2D eigenvalue weighted by atomic mass is 9.77. The topological polar surface area (TPSA) is 29.1 Å². The van der Waals surface area contributed by atoms with Crippen molar-refractivity contribution in [3.8, 4) is 0 Å². The Morgan fingerprint density at radius 3 is 2.85 bits per heavy atom. The summed E-state index contributed by atoms with van der Waals surface area (Å²) in [7, 11) is 0. The molecule has 1 N–H and O–H groups in total. The molecule has 0 aromatic carbocycles. The number of carbonyl (C=O) groups excluding carboxylic acids is 1. The molecular formula is C11H11NO. The summed E-state index contributed by atoms with van der Waals surface area (Å²) in [5.74, 6) is 1.03. The van der Waals surface area contributed by atoms with Gasteiger partial charge in [0.25, 0.3) is 0 Å². The normalized spacial score (nSPS) is 44.8. The third-order valence-corrected chi connectivity index (χ3v) is 3.17. The molecule has 1 saturated heterocycles. The van der Waals surface area contributed by atoms with E-state index in [0.717, 1.165) is 0 Å². The van der Waals surface area contributed by atoms with Gasteiger partial charge in [0.2, 0.25) is 5.91 Å². The van der Waals surface area contributed by atoms with Crippen molar-refractivity contribution in [3.05, 3.63) is 36.5 Å². The molecule has 4 bridgehead atoms. The Hall–Kier alpha value is -1.31. The van der Waals surface area contributed by atoms with Crippen LogP contribution in [0.1, 0.15) is 0 Å². The van der Waals surface area contributed by atoms with E-state index in [4.69, 9.17) is 0 Å². The number of amides is 1. The first-order chi connectivity index (χ1) is 6.36. The second-order valence-corrected chi connectivity index (χ2v) is 3.87. The van der Waals surface area contributed by atoms with Gasteiger partial charge in [-0.1, -0.05) is 36.5 Å². The lowest BCUT2D eigenvalue weighted by molar-refractivity contribution is -0.123. The molecule has 3 aliphatic rings.